The fourth-order valence-electron chi connectivity index (χ4n) is 1.78. The van der Waals surface area contributed by atoms with Gasteiger partial charge in [-0.25, -0.2) is 0 Å². The standard InChI is InChI=1S/C16H15NO2/c1-12-8-16(7-6-14(12)10-17)19-11-13-4-3-5-15(9-13)18-2/h3-9H,11H2,1-2H3. The fraction of sp³-hybridized carbons (Fsp3) is 0.188. The quantitative estimate of drug-likeness (QED) is 0.838. The normalized spacial score (nSPS) is 9.74. The first kappa shape index (κ1) is 13.0. The smallest absolute Gasteiger partial charge is 0.120 e. The third kappa shape index (κ3) is 3.26. The SMILES string of the molecule is COc1cccc(COc2ccc(C#N)c(C)c2)c1. The van der Waals surface area contributed by atoms with Crippen LogP contribution in [0.3, 0.4) is 0 Å². The predicted molar refractivity (Wildman–Crippen MR) is 73.2 cm³/mol. The topological polar surface area (TPSA) is 42.2 Å². The number of methoxy groups -OCH3 is 1. The van der Waals surface area contributed by atoms with Gasteiger partial charge in [0, 0.05) is 0 Å². The average molecular weight is 253 g/mol. The summed E-state index contributed by atoms with van der Waals surface area (Å²) in [5.41, 5.74) is 2.64. The molecule has 0 heterocycles. The minimum Gasteiger partial charge on any atom is -0.497 e. The van der Waals surface area contributed by atoms with E-state index in [-0.39, 0.29) is 0 Å². The maximum absolute atomic E-state index is 8.87. The zero-order chi connectivity index (χ0) is 13.7. The molecular weight excluding hydrogens is 238 g/mol. The van der Waals surface area contributed by atoms with Crippen LogP contribution in [-0.2, 0) is 6.61 Å². The second kappa shape index (κ2) is 5.92. The Labute approximate surface area is 113 Å². The highest BCUT2D eigenvalue weighted by Gasteiger charge is 2.01. The van der Waals surface area contributed by atoms with Crippen LogP contribution in [0.4, 0.5) is 0 Å². The number of benzene rings is 2. The summed E-state index contributed by atoms with van der Waals surface area (Å²) >= 11 is 0. The van der Waals surface area contributed by atoms with Gasteiger partial charge >= 0.3 is 0 Å². The molecule has 19 heavy (non-hydrogen) atoms. The highest BCUT2D eigenvalue weighted by Crippen LogP contribution is 2.19. The van der Waals surface area contributed by atoms with Crippen molar-refractivity contribution < 1.29 is 9.47 Å². The Morgan fingerprint density at radius 2 is 1.95 bits per heavy atom. The highest BCUT2D eigenvalue weighted by molar-refractivity contribution is 5.41. The molecule has 2 aromatic rings. The molecule has 0 saturated carbocycles. The number of hydrogen-bond donors (Lipinski definition) is 0. The van der Waals surface area contributed by atoms with E-state index in [0.29, 0.717) is 12.2 Å². The van der Waals surface area contributed by atoms with Gasteiger partial charge in [0.25, 0.3) is 0 Å². The summed E-state index contributed by atoms with van der Waals surface area (Å²) in [5.74, 6) is 1.58. The molecular formula is C16H15NO2. The first-order valence-electron chi connectivity index (χ1n) is 5.99. The monoisotopic (exact) mass is 253 g/mol. The van der Waals surface area contributed by atoms with Gasteiger partial charge in [-0.2, -0.15) is 5.26 Å². The van der Waals surface area contributed by atoms with Crippen molar-refractivity contribution in [3.8, 4) is 17.6 Å². The number of aryl methyl sites for hydroxylation is 1. The van der Waals surface area contributed by atoms with Crippen molar-refractivity contribution >= 4 is 0 Å². The minimum atomic E-state index is 0.475. The third-order valence-corrected chi connectivity index (χ3v) is 2.86. The van der Waals surface area contributed by atoms with E-state index in [9.17, 15) is 0 Å². The average Bonchev–Trinajstić information content (AvgIpc) is 2.45. The summed E-state index contributed by atoms with van der Waals surface area (Å²) in [6.07, 6.45) is 0. The summed E-state index contributed by atoms with van der Waals surface area (Å²) in [6, 6.07) is 15.4. The molecule has 96 valence electrons. The lowest BCUT2D eigenvalue weighted by Gasteiger charge is -2.08. The minimum absolute atomic E-state index is 0.475. The molecule has 0 aromatic heterocycles. The van der Waals surface area contributed by atoms with Crippen molar-refractivity contribution in [3.05, 3.63) is 59.2 Å². The molecule has 0 aliphatic carbocycles. The molecule has 2 rings (SSSR count). The Kier molecular flexibility index (Phi) is 4.04. The van der Waals surface area contributed by atoms with E-state index < -0.39 is 0 Å². The van der Waals surface area contributed by atoms with Crippen molar-refractivity contribution in [1.29, 1.82) is 5.26 Å². The Bertz CT molecular complexity index is 614. The van der Waals surface area contributed by atoms with Crippen LogP contribution in [0.25, 0.3) is 0 Å². The van der Waals surface area contributed by atoms with Crippen molar-refractivity contribution in [3.63, 3.8) is 0 Å². The second-order valence-electron chi connectivity index (χ2n) is 4.23. The molecule has 3 heteroatoms. The molecule has 0 bridgehead atoms. The number of rotatable bonds is 4. The lowest BCUT2D eigenvalue weighted by molar-refractivity contribution is 0.305. The van der Waals surface area contributed by atoms with E-state index >= 15 is 0 Å². The van der Waals surface area contributed by atoms with Gasteiger partial charge in [-0.1, -0.05) is 12.1 Å². The van der Waals surface area contributed by atoms with E-state index in [1.807, 2.05) is 43.3 Å². The van der Waals surface area contributed by atoms with E-state index in [2.05, 4.69) is 6.07 Å². The maximum atomic E-state index is 8.87. The zero-order valence-corrected chi connectivity index (χ0v) is 11.0. The van der Waals surface area contributed by atoms with Crippen molar-refractivity contribution in [2.24, 2.45) is 0 Å². The van der Waals surface area contributed by atoms with E-state index in [1.54, 1.807) is 13.2 Å². The summed E-state index contributed by atoms with van der Waals surface area (Å²) in [7, 11) is 1.64. The fourth-order valence-corrected chi connectivity index (χ4v) is 1.78. The van der Waals surface area contributed by atoms with Gasteiger partial charge in [0.15, 0.2) is 0 Å². The molecule has 3 nitrogen and oxygen atoms in total. The molecule has 0 aliphatic rings. The Balaban J connectivity index is 2.06. The summed E-state index contributed by atoms with van der Waals surface area (Å²) in [4.78, 5) is 0. The number of ether oxygens (including phenoxy) is 2. The van der Waals surface area contributed by atoms with E-state index in [1.165, 1.54) is 0 Å². The van der Waals surface area contributed by atoms with E-state index in [4.69, 9.17) is 14.7 Å². The number of hydrogen-bond acceptors (Lipinski definition) is 3. The van der Waals surface area contributed by atoms with Crippen LogP contribution < -0.4 is 9.47 Å². The van der Waals surface area contributed by atoms with Gasteiger partial charge in [-0.05, 0) is 48.4 Å². The molecule has 0 atom stereocenters. The van der Waals surface area contributed by atoms with Gasteiger partial charge < -0.3 is 9.47 Å². The van der Waals surface area contributed by atoms with Gasteiger partial charge in [0.05, 0.1) is 18.7 Å². The van der Waals surface area contributed by atoms with Crippen LogP contribution in [0, 0.1) is 18.3 Å². The number of nitrogens with zero attached hydrogens (tertiary/aromatic N) is 1. The third-order valence-electron chi connectivity index (χ3n) is 2.86. The van der Waals surface area contributed by atoms with Crippen molar-refractivity contribution in [2.75, 3.05) is 7.11 Å². The molecule has 0 aliphatic heterocycles. The zero-order valence-electron chi connectivity index (χ0n) is 11.0. The van der Waals surface area contributed by atoms with Crippen LogP contribution in [0.5, 0.6) is 11.5 Å². The Hall–Kier alpha value is -2.47. The lowest BCUT2D eigenvalue weighted by atomic mass is 10.1. The van der Waals surface area contributed by atoms with Crippen LogP contribution in [0.1, 0.15) is 16.7 Å². The van der Waals surface area contributed by atoms with Gasteiger partial charge in [-0.15, -0.1) is 0 Å². The molecule has 0 spiro atoms. The molecule has 0 saturated heterocycles. The lowest BCUT2D eigenvalue weighted by Crippen LogP contribution is -1.96. The first-order chi connectivity index (χ1) is 9.22. The second-order valence-corrected chi connectivity index (χ2v) is 4.23. The van der Waals surface area contributed by atoms with Crippen LogP contribution >= 0.6 is 0 Å². The molecule has 2 aromatic carbocycles. The van der Waals surface area contributed by atoms with E-state index in [0.717, 1.165) is 22.6 Å². The molecule has 0 unspecified atom stereocenters. The van der Waals surface area contributed by atoms with Gasteiger partial charge in [0.2, 0.25) is 0 Å². The van der Waals surface area contributed by atoms with Crippen LogP contribution in [0.15, 0.2) is 42.5 Å². The largest absolute Gasteiger partial charge is 0.497 e. The van der Waals surface area contributed by atoms with Gasteiger partial charge in [-0.3, -0.25) is 0 Å². The highest BCUT2D eigenvalue weighted by atomic mass is 16.5. The molecule has 0 N–H and O–H groups in total. The van der Waals surface area contributed by atoms with Crippen LogP contribution in [0.2, 0.25) is 0 Å². The predicted octanol–water partition coefficient (Wildman–Crippen LogP) is 3.45. The molecule has 0 radical (unpaired) electrons. The Morgan fingerprint density at radius 3 is 2.63 bits per heavy atom. The molecule has 0 amide bonds. The molecule has 0 fully saturated rings. The summed E-state index contributed by atoms with van der Waals surface area (Å²) < 4.78 is 10.9. The summed E-state index contributed by atoms with van der Waals surface area (Å²) in [6.45, 7) is 2.37. The Morgan fingerprint density at radius 1 is 1.11 bits per heavy atom. The van der Waals surface area contributed by atoms with Crippen molar-refractivity contribution in [2.45, 2.75) is 13.5 Å². The van der Waals surface area contributed by atoms with Crippen LogP contribution in [-0.4, -0.2) is 7.11 Å². The maximum Gasteiger partial charge on any atom is 0.120 e. The van der Waals surface area contributed by atoms with Crippen molar-refractivity contribution in [1.82, 2.24) is 0 Å². The van der Waals surface area contributed by atoms with Gasteiger partial charge in [0.1, 0.15) is 18.1 Å². The number of nitriles is 1. The first-order valence-corrected chi connectivity index (χ1v) is 5.99. The summed E-state index contributed by atoms with van der Waals surface area (Å²) in [5, 5.41) is 8.87.